The summed E-state index contributed by atoms with van der Waals surface area (Å²) in [6, 6.07) is 13.8. The number of oxazole rings is 1. The summed E-state index contributed by atoms with van der Waals surface area (Å²) in [6.07, 6.45) is -4.05. The molecular weight excluding hydrogens is 357 g/mol. The molecule has 0 N–H and O–H groups in total. The van der Waals surface area contributed by atoms with Gasteiger partial charge in [0.1, 0.15) is 12.4 Å². The van der Waals surface area contributed by atoms with Crippen molar-refractivity contribution in [3.8, 4) is 23.3 Å². The van der Waals surface area contributed by atoms with Crippen molar-refractivity contribution in [1.29, 1.82) is 5.26 Å². The summed E-state index contributed by atoms with van der Waals surface area (Å²) in [6.45, 7) is 1.88. The maximum atomic E-state index is 12.6. The first kappa shape index (κ1) is 18.5. The van der Waals surface area contributed by atoms with E-state index in [0.29, 0.717) is 29.2 Å². The van der Waals surface area contributed by atoms with Gasteiger partial charge in [0.05, 0.1) is 23.7 Å². The van der Waals surface area contributed by atoms with Crippen molar-refractivity contribution >= 4 is 0 Å². The molecule has 0 saturated heterocycles. The largest absolute Gasteiger partial charge is 0.486 e. The molecule has 27 heavy (non-hydrogen) atoms. The van der Waals surface area contributed by atoms with Crippen LogP contribution < -0.4 is 4.74 Å². The van der Waals surface area contributed by atoms with Gasteiger partial charge < -0.3 is 9.15 Å². The molecule has 0 bridgehead atoms. The van der Waals surface area contributed by atoms with Crippen LogP contribution in [0.2, 0.25) is 0 Å². The van der Waals surface area contributed by atoms with Crippen molar-refractivity contribution in [2.24, 2.45) is 0 Å². The second kappa shape index (κ2) is 7.54. The molecule has 1 heterocycles. The van der Waals surface area contributed by atoms with Crippen LogP contribution in [0.15, 0.2) is 52.9 Å². The summed E-state index contributed by atoms with van der Waals surface area (Å²) in [7, 11) is 0. The minimum atomic E-state index is -4.38. The third-order valence-corrected chi connectivity index (χ3v) is 3.93. The van der Waals surface area contributed by atoms with Crippen LogP contribution in [0.25, 0.3) is 11.5 Å². The predicted octanol–water partition coefficient (Wildman–Crippen LogP) is 5.31. The fourth-order valence-electron chi connectivity index (χ4n) is 2.43. The van der Waals surface area contributed by atoms with E-state index in [4.69, 9.17) is 14.4 Å². The van der Waals surface area contributed by atoms with Crippen molar-refractivity contribution in [2.75, 3.05) is 0 Å². The molecule has 0 unspecified atom stereocenters. The molecule has 1 aromatic heterocycles. The second-order valence-electron chi connectivity index (χ2n) is 5.87. The lowest BCUT2D eigenvalue weighted by Crippen LogP contribution is -2.03. The van der Waals surface area contributed by atoms with Gasteiger partial charge in [-0.25, -0.2) is 4.98 Å². The number of nitriles is 1. The molecule has 0 atom stereocenters. The van der Waals surface area contributed by atoms with Crippen LogP contribution in [0, 0.1) is 18.3 Å². The number of rotatable bonds is 5. The molecule has 0 aliphatic rings. The third-order valence-electron chi connectivity index (χ3n) is 3.93. The van der Waals surface area contributed by atoms with E-state index < -0.39 is 11.7 Å². The first-order chi connectivity index (χ1) is 12.9. The number of hydrogen-bond donors (Lipinski definition) is 0. The highest BCUT2D eigenvalue weighted by molar-refractivity contribution is 5.54. The zero-order chi connectivity index (χ0) is 19.4. The molecule has 0 aliphatic carbocycles. The Hall–Kier alpha value is -3.27. The molecule has 0 radical (unpaired) electrons. The summed E-state index contributed by atoms with van der Waals surface area (Å²) in [5.41, 5.74) is 1.23. The van der Waals surface area contributed by atoms with E-state index in [1.165, 1.54) is 12.1 Å². The van der Waals surface area contributed by atoms with Gasteiger partial charge in [-0.05, 0) is 48.9 Å². The number of alkyl halides is 3. The number of halogens is 3. The van der Waals surface area contributed by atoms with Crippen molar-refractivity contribution in [3.63, 3.8) is 0 Å². The molecule has 3 aromatic rings. The minimum Gasteiger partial charge on any atom is -0.486 e. The lowest BCUT2D eigenvalue weighted by atomic mass is 10.1. The average Bonchev–Trinajstić information content (AvgIpc) is 3.02. The fourth-order valence-corrected chi connectivity index (χ4v) is 2.43. The van der Waals surface area contributed by atoms with E-state index in [0.717, 1.165) is 17.7 Å². The standard InChI is InChI=1S/C20H15F3N2O2/c1-13-18(12-26-17-8-2-14(3-9-17)10-11-24)27-19(25-13)15-4-6-16(7-5-15)20(21,22)23/h2-9H,10,12H2,1H3. The molecule has 138 valence electrons. The number of ether oxygens (including phenoxy) is 1. The van der Waals surface area contributed by atoms with E-state index in [1.807, 2.05) is 0 Å². The number of aryl methyl sites for hydroxylation is 1. The fraction of sp³-hybridized carbons (Fsp3) is 0.200. The van der Waals surface area contributed by atoms with Gasteiger partial charge in [-0.3, -0.25) is 0 Å². The number of hydrogen-bond acceptors (Lipinski definition) is 4. The molecule has 3 rings (SSSR count). The van der Waals surface area contributed by atoms with E-state index in [-0.39, 0.29) is 12.5 Å². The van der Waals surface area contributed by atoms with E-state index >= 15 is 0 Å². The Morgan fingerprint density at radius 2 is 1.74 bits per heavy atom. The highest BCUT2D eigenvalue weighted by Gasteiger charge is 2.30. The van der Waals surface area contributed by atoms with Gasteiger partial charge in [0.15, 0.2) is 5.76 Å². The van der Waals surface area contributed by atoms with Crippen molar-refractivity contribution in [1.82, 2.24) is 4.98 Å². The van der Waals surface area contributed by atoms with E-state index in [1.54, 1.807) is 31.2 Å². The molecule has 0 aliphatic heterocycles. The summed E-state index contributed by atoms with van der Waals surface area (Å²) in [4.78, 5) is 4.26. The highest BCUT2D eigenvalue weighted by atomic mass is 19.4. The van der Waals surface area contributed by atoms with Crippen LogP contribution in [0.4, 0.5) is 13.2 Å². The maximum absolute atomic E-state index is 12.6. The first-order valence-electron chi connectivity index (χ1n) is 8.09. The normalized spacial score (nSPS) is 11.2. The predicted molar refractivity (Wildman–Crippen MR) is 91.8 cm³/mol. The van der Waals surface area contributed by atoms with Crippen molar-refractivity contribution < 1.29 is 22.3 Å². The summed E-state index contributed by atoms with van der Waals surface area (Å²) >= 11 is 0. The van der Waals surface area contributed by atoms with Crippen LogP contribution in [0.1, 0.15) is 22.6 Å². The number of benzene rings is 2. The Bertz CT molecular complexity index is 953. The first-order valence-corrected chi connectivity index (χ1v) is 8.09. The van der Waals surface area contributed by atoms with E-state index in [2.05, 4.69) is 11.1 Å². The Kier molecular flexibility index (Phi) is 5.17. The van der Waals surface area contributed by atoms with Crippen LogP contribution in [0.3, 0.4) is 0 Å². The van der Waals surface area contributed by atoms with Gasteiger partial charge in [0.25, 0.3) is 0 Å². The SMILES string of the molecule is Cc1nc(-c2ccc(C(F)(F)F)cc2)oc1COc1ccc(CC#N)cc1. The van der Waals surface area contributed by atoms with Gasteiger partial charge in [-0.1, -0.05) is 12.1 Å². The highest BCUT2D eigenvalue weighted by Crippen LogP contribution is 2.31. The Morgan fingerprint density at radius 1 is 1.07 bits per heavy atom. The van der Waals surface area contributed by atoms with Crippen LogP contribution >= 0.6 is 0 Å². The molecule has 0 saturated carbocycles. The zero-order valence-electron chi connectivity index (χ0n) is 14.4. The zero-order valence-corrected chi connectivity index (χ0v) is 14.4. The third kappa shape index (κ3) is 4.47. The molecular formula is C20H15F3N2O2. The van der Waals surface area contributed by atoms with Crippen LogP contribution in [-0.4, -0.2) is 4.98 Å². The van der Waals surface area contributed by atoms with Crippen LogP contribution in [-0.2, 0) is 19.2 Å². The Balaban J connectivity index is 1.70. The summed E-state index contributed by atoms with van der Waals surface area (Å²) in [5.74, 6) is 1.35. The molecule has 7 heteroatoms. The van der Waals surface area contributed by atoms with Crippen molar-refractivity contribution in [2.45, 2.75) is 26.1 Å². The van der Waals surface area contributed by atoms with Gasteiger partial charge in [0.2, 0.25) is 5.89 Å². The Labute approximate surface area is 153 Å². The quantitative estimate of drug-likeness (QED) is 0.609. The molecule has 0 fully saturated rings. The molecule has 0 spiro atoms. The molecule has 2 aromatic carbocycles. The molecule has 0 amide bonds. The van der Waals surface area contributed by atoms with Gasteiger partial charge in [-0.15, -0.1) is 0 Å². The van der Waals surface area contributed by atoms with Gasteiger partial charge >= 0.3 is 6.18 Å². The van der Waals surface area contributed by atoms with Gasteiger partial charge in [-0.2, -0.15) is 18.4 Å². The number of nitrogens with zero attached hydrogens (tertiary/aromatic N) is 2. The minimum absolute atomic E-state index is 0.136. The second-order valence-corrected chi connectivity index (χ2v) is 5.87. The summed E-state index contributed by atoms with van der Waals surface area (Å²) in [5, 5.41) is 8.67. The lowest BCUT2D eigenvalue weighted by Gasteiger charge is -2.06. The topological polar surface area (TPSA) is 59.1 Å². The number of aromatic nitrogens is 1. The van der Waals surface area contributed by atoms with Gasteiger partial charge in [0, 0.05) is 5.56 Å². The summed E-state index contributed by atoms with van der Waals surface area (Å²) < 4.78 is 49.2. The smallest absolute Gasteiger partial charge is 0.416 e. The molecule has 4 nitrogen and oxygen atoms in total. The van der Waals surface area contributed by atoms with Crippen molar-refractivity contribution in [3.05, 3.63) is 71.1 Å². The lowest BCUT2D eigenvalue weighted by molar-refractivity contribution is -0.137. The maximum Gasteiger partial charge on any atom is 0.416 e. The van der Waals surface area contributed by atoms with E-state index in [9.17, 15) is 13.2 Å². The average molecular weight is 372 g/mol. The monoisotopic (exact) mass is 372 g/mol. The van der Waals surface area contributed by atoms with Crippen LogP contribution in [0.5, 0.6) is 5.75 Å². The Morgan fingerprint density at radius 3 is 2.33 bits per heavy atom.